The number of halogens is 3. The zero-order valence-corrected chi connectivity index (χ0v) is 22.5. The third-order valence-electron chi connectivity index (χ3n) is 6.26. The summed E-state index contributed by atoms with van der Waals surface area (Å²) >= 11 is 0. The van der Waals surface area contributed by atoms with E-state index in [9.17, 15) is 26.4 Å². The highest BCUT2D eigenvalue weighted by atomic mass is 32.2. The van der Waals surface area contributed by atoms with Crippen LogP contribution < -0.4 is 14.9 Å². The lowest BCUT2D eigenvalue weighted by Crippen LogP contribution is -2.45. The number of nitrogens with one attached hydrogen (secondary N) is 2. The van der Waals surface area contributed by atoms with Gasteiger partial charge in [0, 0.05) is 39.3 Å². The first-order valence-electron chi connectivity index (χ1n) is 12.5. The Morgan fingerprint density at radius 1 is 1.05 bits per heavy atom. The molecule has 2 aromatic rings. The third kappa shape index (κ3) is 8.05. The molecule has 1 aromatic carbocycles. The van der Waals surface area contributed by atoms with Gasteiger partial charge in [-0.2, -0.15) is 13.2 Å². The van der Waals surface area contributed by atoms with Crippen LogP contribution >= 0.6 is 0 Å². The molecule has 10 nitrogen and oxygen atoms in total. The first-order chi connectivity index (χ1) is 18.3. The monoisotopic (exact) mass is 571 g/mol. The highest BCUT2D eigenvalue weighted by molar-refractivity contribution is 7.92. The largest absolute Gasteiger partial charge is 0.490 e. The normalized spacial score (nSPS) is 16.1. The Labute approximate surface area is 225 Å². The van der Waals surface area contributed by atoms with Crippen LogP contribution in [0.3, 0.4) is 0 Å². The quantitative estimate of drug-likeness (QED) is 0.482. The highest BCUT2D eigenvalue weighted by Crippen LogP contribution is 2.27. The molecule has 0 radical (unpaired) electrons. The van der Waals surface area contributed by atoms with Crippen molar-refractivity contribution in [1.82, 2.24) is 15.2 Å². The third-order valence-corrected chi connectivity index (χ3v) is 7.66. The Bertz CT molecular complexity index is 1260. The summed E-state index contributed by atoms with van der Waals surface area (Å²) in [5.41, 5.74) is 1.81. The molecule has 2 fully saturated rings. The van der Waals surface area contributed by atoms with Crippen molar-refractivity contribution in [3.05, 3.63) is 47.7 Å². The molecule has 4 rings (SSSR count). The maximum Gasteiger partial charge on any atom is 0.490 e. The summed E-state index contributed by atoms with van der Waals surface area (Å²) in [6, 6.07) is 8.50. The molecule has 214 valence electrons. The molecule has 1 amide bonds. The number of hydrogen-bond donors (Lipinski definition) is 3. The molecular weight excluding hydrogens is 539 g/mol. The number of hydrogen-bond acceptors (Lipinski definition) is 7. The number of benzene rings is 1. The van der Waals surface area contributed by atoms with E-state index in [2.05, 4.69) is 33.8 Å². The molecule has 3 N–H and O–H groups in total. The van der Waals surface area contributed by atoms with E-state index in [1.165, 1.54) is 6.20 Å². The predicted molar refractivity (Wildman–Crippen MR) is 139 cm³/mol. The number of nitrogens with zero attached hydrogens (tertiary/aromatic N) is 3. The molecule has 1 aromatic heterocycles. The van der Waals surface area contributed by atoms with Gasteiger partial charge in [0.25, 0.3) is 15.9 Å². The van der Waals surface area contributed by atoms with Gasteiger partial charge >= 0.3 is 12.1 Å². The number of carbonyl (C=O) groups excluding carboxylic acids is 1. The molecule has 14 heteroatoms. The van der Waals surface area contributed by atoms with Crippen LogP contribution in [0.25, 0.3) is 0 Å². The average molecular weight is 572 g/mol. The predicted octanol–water partition coefficient (Wildman–Crippen LogP) is 3.28. The van der Waals surface area contributed by atoms with Crippen molar-refractivity contribution in [2.75, 3.05) is 48.9 Å². The van der Waals surface area contributed by atoms with Gasteiger partial charge in [-0.1, -0.05) is 26.0 Å². The second kappa shape index (κ2) is 12.6. The minimum atomic E-state index is -5.08. The van der Waals surface area contributed by atoms with E-state index in [0.29, 0.717) is 23.0 Å². The number of pyridine rings is 1. The lowest BCUT2D eigenvalue weighted by molar-refractivity contribution is -0.192. The maximum atomic E-state index is 13.3. The van der Waals surface area contributed by atoms with Crippen LogP contribution in [0.1, 0.15) is 48.5 Å². The van der Waals surface area contributed by atoms with E-state index in [0.717, 1.165) is 57.7 Å². The van der Waals surface area contributed by atoms with Crippen LogP contribution in [-0.4, -0.2) is 80.7 Å². The van der Waals surface area contributed by atoms with Crippen molar-refractivity contribution in [3.8, 4) is 0 Å². The van der Waals surface area contributed by atoms with E-state index >= 15 is 0 Å². The van der Waals surface area contributed by atoms with E-state index in [1.807, 2.05) is 17.0 Å². The number of amides is 1. The zero-order valence-electron chi connectivity index (χ0n) is 21.7. The molecule has 0 unspecified atom stereocenters. The van der Waals surface area contributed by atoms with Gasteiger partial charge in [0.15, 0.2) is 0 Å². The fourth-order valence-corrected chi connectivity index (χ4v) is 5.17. The van der Waals surface area contributed by atoms with E-state index < -0.39 is 22.2 Å². The zero-order chi connectivity index (χ0) is 28.8. The number of anilines is 2. The Morgan fingerprint density at radius 2 is 1.62 bits per heavy atom. The Balaban J connectivity index is 0.000000532. The van der Waals surface area contributed by atoms with Crippen molar-refractivity contribution >= 4 is 33.4 Å². The van der Waals surface area contributed by atoms with Gasteiger partial charge in [0.2, 0.25) is 0 Å². The summed E-state index contributed by atoms with van der Waals surface area (Å²) in [7, 11) is -3.79. The standard InChI is InChI=1S/C23H31N5O3S.C2HF3O2/c1-17(2)18-5-7-20(8-6-18)32(30,31)26-19-15-21(23(29)28-11-3-4-12-28)22(25-16-19)27-13-9-24-10-14-27;3-2(4,5)1(6)7/h5-8,15-17,24,26H,3-4,9-14H2,1-2H3;(H,6,7). The minimum Gasteiger partial charge on any atom is -0.475 e. The van der Waals surface area contributed by atoms with Crippen LogP contribution in [0.15, 0.2) is 41.4 Å². The van der Waals surface area contributed by atoms with Gasteiger partial charge in [-0.15, -0.1) is 0 Å². The Hall–Kier alpha value is -3.39. The molecule has 3 heterocycles. The molecule has 0 spiro atoms. The van der Waals surface area contributed by atoms with Gasteiger partial charge in [0.1, 0.15) is 5.82 Å². The van der Waals surface area contributed by atoms with Crippen LogP contribution in [0.2, 0.25) is 0 Å². The second-order valence-electron chi connectivity index (χ2n) is 9.46. The summed E-state index contributed by atoms with van der Waals surface area (Å²) in [6.45, 7) is 8.70. The van der Waals surface area contributed by atoms with Crippen LogP contribution in [0.5, 0.6) is 0 Å². The van der Waals surface area contributed by atoms with Gasteiger partial charge in [0.05, 0.1) is 22.3 Å². The van der Waals surface area contributed by atoms with Crippen molar-refractivity contribution in [2.24, 2.45) is 0 Å². The topological polar surface area (TPSA) is 132 Å². The number of sulfonamides is 1. The number of piperazine rings is 1. The van der Waals surface area contributed by atoms with Crippen LogP contribution in [0.4, 0.5) is 24.7 Å². The molecule has 2 saturated heterocycles. The van der Waals surface area contributed by atoms with Gasteiger partial charge in [-0.05, 0) is 42.5 Å². The summed E-state index contributed by atoms with van der Waals surface area (Å²) in [6.07, 6.45) is -1.61. The second-order valence-corrected chi connectivity index (χ2v) is 11.1. The highest BCUT2D eigenvalue weighted by Gasteiger charge is 2.38. The first kappa shape index (κ1) is 30.2. The summed E-state index contributed by atoms with van der Waals surface area (Å²) in [4.78, 5) is 30.8. The molecule has 2 aliphatic rings. The summed E-state index contributed by atoms with van der Waals surface area (Å²) in [5.74, 6) is -1.91. The number of carbonyl (C=O) groups is 2. The van der Waals surface area contributed by atoms with Gasteiger partial charge < -0.3 is 20.2 Å². The number of carboxylic acid groups (broad SMARTS) is 1. The lowest BCUT2D eigenvalue weighted by Gasteiger charge is -2.30. The van der Waals surface area contributed by atoms with Crippen molar-refractivity contribution in [3.63, 3.8) is 0 Å². The Kier molecular flexibility index (Phi) is 9.78. The molecule has 0 bridgehead atoms. The lowest BCUT2D eigenvalue weighted by atomic mass is 10.0. The molecule has 0 aliphatic carbocycles. The van der Waals surface area contributed by atoms with E-state index in [1.54, 1.807) is 18.2 Å². The van der Waals surface area contributed by atoms with E-state index in [-0.39, 0.29) is 10.8 Å². The molecule has 0 atom stereocenters. The van der Waals surface area contributed by atoms with Crippen LogP contribution in [0, 0.1) is 0 Å². The summed E-state index contributed by atoms with van der Waals surface area (Å²) in [5, 5.41) is 10.4. The minimum absolute atomic E-state index is 0.0918. The van der Waals surface area contributed by atoms with Crippen molar-refractivity contribution in [2.45, 2.75) is 43.7 Å². The van der Waals surface area contributed by atoms with Gasteiger partial charge in [-0.25, -0.2) is 18.2 Å². The number of rotatable bonds is 6. The van der Waals surface area contributed by atoms with E-state index in [4.69, 9.17) is 9.90 Å². The van der Waals surface area contributed by atoms with Gasteiger partial charge in [-0.3, -0.25) is 9.52 Å². The molecule has 0 saturated carbocycles. The van der Waals surface area contributed by atoms with Crippen molar-refractivity contribution < 1.29 is 36.3 Å². The fraction of sp³-hybridized carbons (Fsp3) is 0.480. The smallest absolute Gasteiger partial charge is 0.475 e. The first-order valence-corrected chi connectivity index (χ1v) is 14.0. The number of likely N-dealkylation sites (tertiary alicyclic amines) is 1. The fourth-order valence-electron chi connectivity index (χ4n) is 4.14. The number of aromatic nitrogens is 1. The van der Waals surface area contributed by atoms with Crippen LogP contribution in [-0.2, 0) is 14.8 Å². The SMILES string of the molecule is CC(C)c1ccc(S(=O)(=O)Nc2cnc(N3CCNCC3)c(C(=O)N3CCCC3)c2)cc1.O=C(O)C(F)(F)F. The van der Waals surface area contributed by atoms with Crippen molar-refractivity contribution in [1.29, 1.82) is 0 Å². The number of carboxylic acids is 1. The average Bonchev–Trinajstić information content (AvgIpc) is 3.43. The Morgan fingerprint density at radius 3 is 2.13 bits per heavy atom. The maximum absolute atomic E-state index is 13.3. The summed E-state index contributed by atoms with van der Waals surface area (Å²) < 4.78 is 60.3. The number of aliphatic carboxylic acids is 1. The molecule has 39 heavy (non-hydrogen) atoms. The molecule has 2 aliphatic heterocycles. The number of alkyl halides is 3. The molecular formula is C25H32F3N5O5S.